The Kier molecular flexibility index (Phi) is 8.87. The van der Waals surface area contributed by atoms with Crippen LogP contribution in [0.25, 0.3) is 0 Å². The largest absolute Gasteiger partial charge is 0.494 e. The molecule has 1 saturated heterocycles. The number of aryl methyl sites for hydroxylation is 1. The molecule has 3 rings (SSSR count). The SMILES string of the molecule is CCN(CC)c1ccc(S(=O)(=O)N2CCOCC2)cc1NC(=O)CCc1ccc(OC)c(F)c1. The summed E-state index contributed by atoms with van der Waals surface area (Å²) < 4.78 is 51.8. The summed E-state index contributed by atoms with van der Waals surface area (Å²) in [6, 6.07) is 9.42. The van der Waals surface area contributed by atoms with E-state index in [-0.39, 0.29) is 23.0 Å². The van der Waals surface area contributed by atoms with Crippen molar-refractivity contribution in [3.8, 4) is 5.75 Å². The highest BCUT2D eigenvalue weighted by Gasteiger charge is 2.27. The number of ether oxygens (including phenoxy) is 2. The van der Waals surface area contributed by atoms with Crippen LogP contribution in [0, 0.1) is 5.82 Å². The molecule has 0 bridgehead atoms. The van der Waals surface area contributed by atoms with E-state index in [0.717, 1.165) is 5.69 Å². The summed E-state index contributed by atoms with van der Waals surface area (Å²) in [7, 11) is -2.32. The number of methoxy groups -OCH3 is 1. The summed E-state index contributed by atoms with van der Waals surface area (Å²) in [4.78, 5) is 14.9. The Morgan fingerprint density at radius 1 is 1.15 bits per heavy atom. The van der Waals surface area contributed by atoms with E-state index in [1.807, 2.05) is 18.7 Å². The molecular formula is C24H32FN3O5S. The Balaban J connectivity index is 1.81. The predicted molar refractivity (Wildman–Crippen MR) is 129 cm³/mol. The van der Waals surface area contributed by atoms with Crippen molar-refractivity contribution in [3.05, 3.63) is 47.8 Å². The first kappa shape index (κ1) is 25.9. The number of carbonyl (C=O) groups is 1. The van der Waals surface area contributed by atoms with Gasteiger partial charge in [-0.2, -0.15) is 4.31 Å². The first-order valence-electron chi connectivity index (χ1n) is 11.4. The Hall–Kier alpha value is -2.69. The van der Waals surface area contributed by atoms with Crippen LogP contribution in [-0.2, 0) is 26.0 Å². The molecule has 0 radical (unpaired) electrons. The smallest absolute Gasteiger partial charge is 0.243 e. The fourth-order valence-corrected chi connectivity index (χ4v) is 5.32. The third kappa shape index (κ3) is 6.05. The molecular weight excluding hydrogens is 461 g/mol. The van der Waals surface area contributed by atoms with E-state index in [4.69, 9.17) is 9.47 Å². The molecule has 1 heterocycles. The van der Waals surface area contributed by atoms with Crippen LogP contribution < -0.4 is 15.0 Å². The predicted octanol–water partition coefficient (Wildman–Crippen LogP) is 3.27. The molecule has 1 aliphatic rings. The van der Waals surface area contributed by atoms with E-state index < -0.39 is 15.8 Å². The van der Waals surface area contributed by atoms with E-state index in [1.54, 1.807) is 18.2 Å². The molecule has 0 aromatic heterocycles. The number of carbonyl (C=O) groups excluding carboxylic acids is 1. The fraction of sp³-hybridized carbons (Fsp3) is 0.458. The monoisotopic (exact) mass is 493 g/mol. The molecule has 10 heteroatoms. The minimum absolute atomic E-state index is 0.115. The second-order valence-electron chi connectivity index (χ2n) is 7.88. The zero-order valence-corrected chi connectivity index (χ0v) is 20.7. The summed E-state index contributed by atoms with van der Waals surface area (Å²) in [6.45, 7) is 6.66. The highest BCUT2D eigenvalue weighted by atomic mass is 32.2. The number of halogens is 1. The molecule has 34 heavy (non-hydrogen) atoms. The quantitative estimate of drug-likeness (QED) is 0.547. The molecule has 1 fully saturated rings. The minimum atomic E-state index is -3.71. The second kappa shape index (κ2) is 11.6. The minimum Gasteiger partial charge on any atom is -0.494 e. The van der Waals surface area contributed by atoms with Gasteiger partial charge in [0.15, 0.2) is 11.6 Å². The van der Waals surface area contributed by atoms with Crippen molar-refractivity contribution in [1.82, 2.24) is 4.31 Å². The molecule has 0 atom stereocenters. The van der Waals surface area contributed by atoms with Gasteiger partial charge in [0.2, 0.25) is 15.9 Å². The number of rotatable bonds is 10. The van der Waals surface area contributed by atoms with Gasteiger partial charge in [0, 0.05) is 32.6 Å². The Bertz CT molecular complexity index is 1100. The van der Waals surface area contributed by atoms with Gasteiger partial charge >= 0.3 is 0 Å². The van der Waals surface area contributed by atoms with Crippen molar-refractivity contribution in [3.63, 3.8) is 0 Å². The molecule has 0 spiro atoms. The number of nitrogens with zero attached hydrogens (tertiary/aromatic N) is 2. The van der Waals surface area contributed by atoms with Crippen LogP contribution in [0.3, 0.4) is 0 Å². The normalized spacial score (nSPS) is 14.6. The van der Waals surface area contributed by atoms with Crippen LogP contribution >= 0.6 is 0 Å². The summed E-state index contributed by atoms with van der Waals surface area (Å²) >= 11 is 0. The maximum absolute atomic E-state index is 14.0. The Morgan fingerprint density at radius 3 is 2.47 bits per heavy atom. The van der Waals surface area contributed by atoms with Gasteiger partial charge in [0.1, 0.15) is 0 Å². The van der Waals surface area contributed by atoms with E-state index in [2.05, 4.69) is 5.32 Å². The summed E-state index contributed by atoms with van der Waals surface area (Å²) in [5.74, 6) is -0.619. The Labute approximate surface area is 200 Å². The van der Waals surface area contributed by atoms with Crippen molar-refractivity contribution < 1.29 is 27.1 Å². The van der Waals surface area contributed by atoms with Crippen molar-refractivity contribution in [1.29, 1.82) is 0 Å². The molecule has 186 valence electrons. The molecule has 0 unspecified atom stereocenters. The van der Waals surface area contributed by atoms with Crippen LogP contribution in [0.5, 0.6) is 5.75 Å². The zero-order valence-electron chi connectivity index (χ0n) is 19.8. The molecule has 2 aromatic carbocycles. The lowest BCUT2D eigenvalue weighted by molar-refractivity contribution is -0.116. The lowest BCUT2D eigenvalue weighted by Crippen LogP contribution is -2.40. The lowest BCUT2D eigenvalue weighted by atomic mass is 10.1. The van der Waals surface area contributed by atoms with Crippen molar-refractivity contribution in [2.24, 2.45) is 0 Å². The van der Waals surface area contributed by atoms with Crippen molar-refractivity contribution in [2.45, 2.75) is 31.6 Å². The standard InChI is InChI=1S/C24H32FN3O5S/c1-4-27(5-2)22-9-8-19(34(30,31)28-12-14-33-15-13-28)17-21(22)26-24(29)11-7-18-6-10-23(32-3)20(25)16-18/h6,8-10,16-17H,4-5,7,11-15H2,1-3H3,(H,26,29). The number of nitrogens with one attached hydrogen (secondary N) is 1. The number of anilines is 2. The van der Waals surface area contributed by atoms with E-state index in [9.17, 15) is 17.6 Å². The number of morpholine rings is 1. The topological polar surface area (TPSA) is 88.2 Å². The van der Waals surface area contributed by atoms with Crippen molar-refractivity contribution >= 4 is 27.3 Å². The molecule has 8 nitrogen and oxygen atoms in total. The van der Waals surface area contributed by atoms with Gasteiger partial charge in [0.25, 0.3) is 0 Å². The summed E-state index contributed by atoms with van der Waals surface area (Å²) in [5.41, 5.74) is 1.85. The third-order valence-electron chi connectivity index (χ3n) is 5.81. The number of hydrogen-bond acceptors (Lipinski definition) is 6. The van der Waals surface area contributed by atoms with Gasteiger partial charge in [-0.15, -0.1) is 0 Å². The summed E-state index contributed by atoms with van der Waals surface area (Å²) in [5, 5.41) is 2.88. The molecule has 0 aliphatic carbocycles. The van der Waals surface area contributed by atoms with Gasteiger partial charge in [-0.1, -0.05) is 6.07 Å². The van der Waals surface area contributed by atoms with Gasteiger partial charge in [-0.25, -0.2) is 12.8 Å². The van der Waals surface area contributed by atoms with E-state index in [1.165, 1.54) is 29.6 Å². The highest BCUT2D eigenvalue weighted by Crippen LogP contribution is 2.31. The molecule has 1 amide bonds. The average Bonchev–Trinajstić information content (AvgIpc) is 2.85. The van der Waals surface area contributed by atoms with Crippen LogP contribution in [0.15, 0.2) is 41.3 Å². The first-order valence-corrected chi connectivity index (χ1v) is 12.8. The average molecular weight is 494 g/mol. The first-order chi connectivity index (χ1) is 16.3. The second-order valence-corrected chi connectivity index (χ2v) is 9.82. The molecule has 1 N–H and O–H groups in total. The fourth-order valence-electron chi connectivity index (χ4n) is 3.89. The van der Waals surface area contributed by atoms with Crippen molar-refractivity contribution in [2.75, 3.05) is 56.7 Å². The van der Waals surface area contributed by atoms with E-state index >= 15 is 0 Å². The number of sulfonamides is 1. The lowest BCUT2D eigenvalue weighted by Gasteiger charge is -2.28. The van der Waals surface area contributed by atoms with Gasteiger partial charge < -0.3 is 19.7 Å². The van der Waals surface area contributed by atoms with Crippen LogP contribution in [-0.4, -0.2) is 65.1 Å². The third-order valence-corrected chi connectivity index (χ3v) is 7.71. The van der Waals surface area contributed by atoms with Gasteiger partial charge in [-0.3, -0.25) is 4.79 Å². The summed E-state index contributed by atoms with van der Waals surface area (Å²) in [6.07, 6.45) is 0.447. The number of benzene rings is 2. The van der Waals surface area contributed by atoms with Gasteiger partial charge in [0.05, 0.1) is 36.6 Å². The maximum Gasteiger partial charge on any atom is 0.243 e. The van der Waals surface area contributed by atoms with Crippen LogP contribution in [0.4, 0.5) is 15.8 Å². The number of hydrogen-bond donors (Lipinski definition) is 1. The Morgan fingerprint density at radius 2 is 1.85 bits per heavy atom. The van der Waals surface area contributed by atoms with Crippen LogP contribution in [0.1, 0.15) is 25.8 Å². The molecule has 2 aromatic rings. The zero-order chi connectivity index (χ0) is 24.7. The number of amides is 1. The van der Waals surface area contributed by atoms with Crippen LogP contribution in [0.2, 0.25) is 0 Å². The highest BCUT2D eigenvalue weighted by molar-refractivity contribution is 7.89. The van der Waals surface area contributed by atoms with Gasteiger partial charge in [-0.05, 0) is 56.2 Å². The molecule has 1 aliphatic heterocycles. The van der Waals surface area contributed by atoms with E-state index in [0.29, 0.717) is 57.1 Å². The molecule has 0 saturated carbocycles. The maximum atomic E-state index is 14.0.